The summed E-state index contributed by atoms with van der Waals surface area (Å²) in [4.78, 5) is 7.24. The van der Waals surface area contributed by atoms with E-state index in [1.165, 1.54) is 18.6 Å². The molecule has 0 aliphatic carbocycles. The molecular weight excluding hydrogens is 184 g/mol. The van der Waals surface area contributed by atoms with Gasteiger partial charge in [-0.2, -0.15) is 8.42 Å². The highest BCUT2D eigenvalue weighted by Crippen LogP contribution is 2.00. The third-order valence-corrected chi connectivity index (χ3v) is 1.31. The van der Waals surface area contributed by atoms with Crippen LogP contribution in [0.3, 0.4) is 0 Å². The smallest absolute Gasteiger partial charge is 0.300 e. The van der Waals surface area contributed by atoms with Crippen molar-refractivity contribution < 1.29 is 17.7 Å². The Bertz CT molecular complexity index is 336. The first-order valence-electron chi connectivity index (χ1n) is 2.92. The Morgan fingerprint density at radius 2 is 2.25 bits per heavy atom. The van der Waals surface area contributed by atoms with Gasteiger partial charge in [0.25, 0.3) is 0 Å². The molecule has 12 heavy (non-hydrogen) atoms. The molecule has 0 radical (unpaired) electrons. The fourth-order valence-corrected chi connectivity index (χ4v) is 0.764. The van der Waals surface area contributed by atoms with Crippen molar-refractivity contribution in [1.82, 2.24) is 9.97 Å². The third-order valence-electron chi connectivity index (χ3n) is 0.895. The summed E-state index contributed by atoms with van der Waals surface area (Å²) in [7, 11) is -4.11. The molecule has 0 unspecified atom stereocenters. The van der Waals surface area contributed by atoms with Gasteiger partial charge in [-0.15, -0.1) is 0 Å². The Kier molecular flexibility index (Phi) is 2.56. The average molecular weight is 190 g/mol. The van der Waals surface area contributed by atoms with Gasteiger partial charge >= 0.3 is 10.1 Å². The van der Waals surface area contributed by atoms with Crippen molar-refractivity contribution in [2.45, 2.75) is 0 Å². The second-order valence-electron chi connectivity index (χ2n) is 1.89. The van der Waals surface area contributed by atoms with Crippen LogP contribution in [0, 0.1) is 0 Å². The zero-order chi connectivity index (χ0) is 9.03. The number of ether oxygens (including phenoxy) is 1. The van der Waals surface area contributed by atoms with Crippen molar-refractivity contribution >= 4 is 10.1 Å². The van der Waals surface area contributed by atoms with Gasteiger partial charge in [-0.1, -0.05) is 0 Å². The molecule has 1 heterocycles. The molecule has 66 valence electrons. The zero-order valence-corrected chi connectivity index (χ0v) is 6.73. The molecule has 0 aliphatic rings. The van der Waals surface area contributed by atoms with Gasteiger partial charge in [-0.3, -0.25) is 9.54 Å². The van der Waals surface area contributed by atoms with E-state index in [0.717, 1.165) is 0 Å². The van der Waals surface area contributed by atoms with E-state index in [-0.39, 0.29) is 5.88 Å². The Morgan fingerprint density at radius 3 is 2.75 bits per heavy atom. The standard InChI is InChI=1S/C5H6N2O4S/c8-12(9,10)4-11-5-3-6-1-2-7-5/h1-3H,4H2,(H,8,9,10). The average Bonchev–Trinajstić information content (AvgIpc) is 2.02. The van der Waals surface area contributed by atoms with Crippen LogP contribution in [0.25, 0.3) is 0 Å². The van der Waals surface area contributed by atoms with E-state index in [1.807, 2.05) is 0 Å². The topological polar surface area (TPSA) is 89.4 Å². The number of hydrogen-bond acceptors (Lipinski definition) is 5. The van der Waals surface area contributed by atoms with Gasteiger partial charge in [-0.25, -0.2) is 4.98 Å². The van der Waals surface area contributed by atoms with Crippen LogP contribution in [-0.4, -0.2) is 28.9 Å². The van der Waals surface area contributed by atoms with Gasteiger partial charge in [-0.05, 0) is 0 Å². The molecule has 0 atom stereocenters. The van der Waals surface area contributed by atoms with Crippen LogP contribution in [-0.2, 0) is 10.1 Å². The fourth-order valence-electron chi connectivity index (χ4n) is 0.495. The highest BCUT2D eigenvalue weighted by atomic mass is 32.2. The second kappa shape index (κ2) is 3.46. The molecule has 0 spiro atoms. The highest BCUT2D eigenvalue weighted by molar-refractivity contribution is 7.85. The Balaban J connectivity index is 2.56. The molecule has 0 aliphatic heterocycles. The van der Waals surface area contributed by atoms with Crippen LogP contribution >= 0.6 is 0 Å². The summed E-state index contributed by atoms with van der Waals surface area (Å²) >= 11 is 0. The molecule has 6 nitrogen and oxygen atoms in total. The molecule has 0 amide bonds. The van der Waals surface area contributed by atoms with Gasteiger partial charge in [0.15, 0.2) is 0 Å². The van der Waals surface area contributed by atoms with E-state index in [0.29, 0.717) is 0 Å². The lowest BCUT2D eigenvalue weighted by Crippen LogP contribution is -2.10. The van der Waals surface area contributed by atoms with Gasteiger partial charge < -0.3 is 4.74 Å². The Labute approximate surface area is 69.0 Å². The molecule has 1 N–H and O–H groups in total. The van der Waals surface area contributed by atoms with Crippen molar-refractivity contribution in [3.8, 4) is 5.88 Å². The molecule has 1 aromatic heterocycles. The van der Waals surface area contributed by atoms with Crippen molar-refractivity contribution in [2.75, 3.05) is 5.94 Å². The number of aromatic nitrogens is 2. The molecule has 0 fully saturated rings. The van der Waals surface area contributed by atoms with Gasteiger partial charge in [0.1, 0.15) is 0 Å². The molecule has 1 aromatic rings. The molecule has 0 aromatic carbocycles. The maximum Gasteiger partial charge on any atom is 0.300 e. The zero-order valence-electron chi connectivity index (χ0n) is 5.91. The minimum Gasteiger partial charge on any atom is -0.458 e. The van der Waals surface area contributed by atoms with Crippen molar-refractivity contribution in [3.05, 3.63) is 18.6 Å². The Morgan fingerprint density at radius 1 is 1.50 bits per heavy atom. The predicted octanol–water partition coefficient (Wildman–Crippen LogP) is -0.299. The first-order chi connectivity index (χ1) is 5.58. The van der Waals surface area contributed by atoms with Crippen LogP contribution < -0.4 is 4.74 Å². The summed E-state index contributed by atoms with van der Waals surface area (Å²) in [6, 6.07) is 0. The maximum absolute atomic E-state index is 10.2. The van der Waals surface area contributed by atoms with E-state index in [4.69, 9.17) is 4.55 Å². The molecule has 0 bridgehead atoms. The van der Waals surface area contributed by atoms with E-state index >= 15 is 0 Å². The highest BCUT2D eigenvalue weighted by Gasteiger charge is 2.05. The maximum atomic E-state index is 10.2. The minimum atomic E-state index is -4.11. The number of rotatable bonds is 3. The van der Waals surface area contributed by atoms with Crippen molar-refractivity contribution in [1.29, 1.82) is 0 Å². The molecular formula is C5H6N2O4S. The fraction of sp³-hybridized carbons (Fsp3) is 0.200. The minimum absolute atomic E-state index is 0.0510. The Hall–Kier alpha value is -1.21. The first-order valence-corrected chi connectivity index (χ1v) is 4.53. The van der Waals surface area contributed by atoms with E-state index in [2.05, 4.69) is 14.7 Å². The second-order valence-corrected chi connectivity index (χ2v) is 3.29. The summed E-state index contributed by atoms with van der Waals surface area (Å²) in [5.41, 5.74) is 0. The van der Waals surface area contributed by atoms with Crippen LogP contribution in [0.4, 0.5) is 0 Å². The lowest BCUT2D eigenvalue weighted by atomic mass is 10.7. The first kappa shape index (κ1) is 8.88. The van der Waals surface area contributed by atoms with Crippen LogP contribution in [0.5, 0.6) is 5.88 Å². The van der Waals surface area contributed by atoms with E-state index in [9.17, 15) is 8.42 Å². The lowest BCUT2D eigenvalue weighted by Gasteiger charge is -1.99. The predicted molar refractivity (Wildman–Crippen MR) is 39.1 cm³/mol. The SMILES string of the molecule is O=S(=O)(O)COc1cnccn1. The van der Waals surface area contributed by atoms with E-state index in [1.54, 1.807) is 0 Å². The van der Waals surface area contributed by atoms with Crippen LogP contribution in [0.1, 0.15) is 0 Å². The van der Waals surface area contributed by atoms with Crippen LogP contribution in [0.2, 0.25) is 0 Å². The largest absolute Gasteiger partial charge is 0.458 e. The van der Waals surface area contributed by atoms with Crippen molar-refractivity contribution in [2.24, 2.45) is 0 Å². The van der Waals surface area contributed by atoms with Gasteiger partial charge in [0.05, 0.1) is 6.20 Å². The quantitative estimate of drug-likeness (QED) is 0.658. The summed E-state index contributed by atoms with van der Waals surface area (Å²) in [6.07, 6.45) is 4.00. The van der Waals surface area contributed by atoms with E-state index < -0.39 is 16.1 Å². The monoisotopic (exact) mass is 190 g/mol. The molecule has 0 saturated heterocycles. The van der Waals surface area contributed by atoms with Crippen LogP contribution in [0.15, 0.2) is 18.6 Å². The summed E-state index contributed by atoms with van der Waals surface area (Å²) < 4.78 is 33.2. The summed E-state index contributed by atoms with van der Waals surface area (Å²) in [6.45, 7) is 0. The molecule has 7 heteroatoms. The third kappa shape index (κ3) is 3.26. The summed E-state index contributed by atoms with van der Waals surface area (Å²) in [5, 5.41) is 0. The molecule has 1 rings (SSSR count). The number of nitrogens with zero attached hydrogens (tertiary/aromatic N) is 2. The normalized spacial score (nSPS) is 11.1. The van der Waals surface area contributed by atoms with Crippen molar-refractivity contribution in [3.63, 3.8) is 0 Å². The molecule has 0 saturated carbocycles. The van der Waals surface area contributed by atoms with Gasteiger partial charge in [0.2, 0.25) is 11.8 Å². The summed E-state index contributed by atoms with van der Waals surface area (Å²) in [5.74, 6) is -0.763. The van der Waals surface area contributed by atoms with Gasteiger partial charge in [0, 0.05) is 12.4 Å². The number of hydrogen-bond donors (Lipinski definition) is 1. The lowest BCUT2D eigenvalue weighted by molar-refractivity contribution is 0.340.